The van der Waals surface area contributed by atoms with Crippen molar-refractivity contribution < 1.29 is 13.9 Å². The smallest absolute Gasteiger partial charge is 0.165 e. The van der Waals surface area contributed by atoms with Crippen LogP contribution in [0.2, 0.25) is 0 Å². The molecule has 2 aliphatic rings. The lowest BCUT2D eigenvalue weighted by Crippen LogP contribution is -2.47. The summed E-state index contributed by atoms with van der Waals surface area (Å²) in [6.07, 6.45) is 6.99. The van der Waals surface area contributed by atoms with Gasteiger partial charge in [0, 0.05) is 61.3 Å². The molecular weight excluding hydrogens is 411 g/mol. The summed E-state index contributed by atoms with van der Waals surface area (Å²) in [4.78, 5) is 9.45. The van der Waals surface area contributed by atoms with E-state index in [2.05, 4.69) is 15.4 Å². The van der Waals surface area contributed by atoms with Crippen LogP contribution in [0.1, 0.15) is 35.4 Å². The van der Waals surface area contributed by atoms with Crippen LogP contribution in [-0.2, 0) is 22.4 Å². The van der Waals surface area contributed by atoms with Gasteiger partial charge in [-0.05, 0) is 37.5 Å². The zero-order valence-corrected chi connectivity index (χ0v) is 18.3. The van der Waals surface area contributed by atoms with Gasteiger partial charge < -0.3 is 20.5 Å². The number of allylic oxidation sites excluding steroid dienone is 1. The number of pyridine rings is 1. The lowest BCUT2D eigenvalue weighted by molar-refractivity contribution is -0.0502. The zero-order valence-electron chi connectivity index (χ0n) is 18.3. The average Bonchev–Trinajstić information content (AvgIpc) is 3.24. The molecule has 9 heteroatoms. The maximum Gasteiger partial charge on any atom is 0.165 e. The van der Waals surface area contributed by atoms with Crippen LogP contribution in [0.15, 0.2) is 24.3 Å². The van der Waals surface area contributed by atoms with Gasteiger partial charge in [0.25, 0.3) is 0 Å². The maximum atomic E-state index is 13.8. The van der Waals surface area contributed by atoms with E-state index < -0.39 is 0 Å². The molecule has 1 aliphatic heterocycles. The predicted octanol–water partition coefficient (Wildman–Crippen LogP) is 2.83. The fourth-order valence-corrected chi connectivity index (χ4v) is 4.40. The zero-order chi connectivity index (χ0) is 22.2. The van der Waals surface area contributed by atoms with E-state index >= 15 is 0 Å². The van der Waals surface area contributed by atoms with E-state index in [1.54, 1.807) is 30.1 Å². The Kier molecular flexibility index (Phi) is 5.62. The molecule has 0 amide bonds. The molecule has 0 radical (unpaired) electrons. The Morgan fingerprint density at radius 3 is 3.06 bits per heavy atom. The quantitative estimate of drug-likeness (QED) is 0.632. The number of methoxy groups -OCH3 is 1. The van der Waals surface area contributed by atoms with Crippen LogP contribution in [0.5, 0.6) is 0 Å². The van der Waals surface area contributed by atoms with Gasteiger partial charge in [0.2, 0.25) is 0 Å². The van der Waals surface area contributed by atoms with Gasteiger partial charge in [-0.15, -0.1) is 0 Å². The summed E-state index contributed by atoms with van der Waals surface area (Å²) >= 11 is 0. The number of anilines is 1. The SMILES string of the molecule is COC1COCCC1NCc1nc2c(-c3cnc4c(c3)C=C(F)CC4)cnn2c(N)c1C. The van der Waals surface area contributed by atoms with Crippen molar-refractivity contribution in [3.05, 3.63) is 46.8 Å². The van der Waals surface area contributed by atoms with Crippen molar-refractivity contribution in [2.24, 2.45) is 0 Å². The molecule has 2 atom stereocenters. The molecule has 4 heterocycles. The molecule has 3 N–H and O–H groups in total. The molecule has 1 fully saturated rings. The van der Waals surface area contributed by atoms with E-state index in [0.29, 0.717) is 44.1 Å². The van der Waals surface area contributed by atoms with Crippen LogP contribution >= 0.6 is 0 Å². The number of hydrogen-bond donors (Lipinski definition) is 2. The highest BCUT2D eigenvalue weighted by atomic mass is 19.1. The third-order valence-electron chi connectivity index (χ3n) is 6.40. The highest BCUT2D eigenvalue weighted by Crippen LogP contribution is 2.31. The number of nitrogens with two attached hydrogens (primary N) is 1. The van der Waals surface area contributed by atoms with Crippen LogP contribution in [0.4, 0.5) is 10.2 Å². The standard InChI is InChI=1S/C23H27FN6O2/c1-13-20(11-27-19-5-6-32-12-21(19)31-2)29-23-17(10-28-30(23)22(13)25)15-7-14-8-16(24)3-4-18(14)26-9-15/h7-10,19,21,27H,3-6,11-12,25H2,1-2H3. The van der Waals surface area contributed by atoms with E-state index in [1.807, 2.05) is 13.0 Å². The minimum absolute atomic E-state index is 0.00526. The van der Waals surface area contributed by atoms with Crippen molar-refractivity contribution in [1.82, 2.24) is 24.9 Å². The Morgan fingerprint density at radius 1 is 1.34 bits per heavy atom. The van der Waals surface area contributed by atoms with Crippen molar-refractivity contribution in [3.63, 3.8) is 0 Å². The van der Waals surface area contributed by atoms with Crippen molar-refractivity contribution >= 4 is 17.5 Å². The molecule has 2 unspecified atom stereocenters. The lowest BCUT2D eigenvalue weighted by atomic mass is 9.99. The third kappa shape index (κ3) is 3.76. The van der Waals surface area contributed by atoms with Gasteiger partial charge in [-0.3, -0.25) is 4.98 Å². The van der Waals surface area contributed by atoms with Crippen LogP contribution in [-0.4, -0.2) is 52.1 Å². The first-order chi connectivity index (χ1) is 15.5. The number of fused-ring (bicyclic) bond motifs is 2. The number of nitrogens with one attached hydrogen (secondary N) is 1. The van der Waals surface area contributed by atoms with Crippen LogP contribution < -0.4 is 11.1 Å². The highest BCUT2D eigenvalue weighted by Gasteiger charge is 2.26. The molecule has 0 bridgehead atoms. The number of hydrogen-bond acceptors (Lipinski definition) is 7. The number of nitrogens with zero attached hydrogens (tertiary/aromatic N) is 4. The summed E-state index contributed by atoms with van der Waals surface area (Å²) in [5, 5.41) is 8.01. The summed E-state index contributed by atoms with van der Waals surface area (Å²) in [6, 6.07) is 2.13. The largest absolute Gasteiger partial charge is 0.383 e. The summed E-state index contributed by atoms with van der Waals surface area (Å²) in [7, 11) is 1.70. The molecule has 168 valence electrons. The van der Waals surface area contributed by atoms with E-state index in [-0.39, 0.29) is 18.0 Å². The molecule has 8 nitrogen and oxygen atoms in total. The molecule has 32 heavy (non-hydrogen) atoms. The summed E-state index contributed by atoms with van der Waals surface area (Å²) in [6.45, 7) is 3.79. The van der Waals surface area contributed by atoms with Crippen LogP contribution in [0.25, 0.3) is 22.9 Å². The fourth-order valence-electron chi connectivity index (χ4n) is 4.40. The summed E-state index contributed by atoms with van der Waals surface area (Å²) < 4.78 is 26.5. The second-order valence-corrected chi connectivity index (χ2v) is 8.34. The molecule has 3 aromatic heterocycles. The Hall–Kier alpha value is -2.88. The number of ether oxygens (including phenoxy) is 2. The van der Waals surface area contributed by atoms with Crippen molar-refractivity contribution in [3.8, 4) is 11.1 Å². The van der Waals surface area contributed by atoms with Crippen molar-refractivity contribution in [2.45, 2.75) is 44.9 Å². The number of halogens is 1. The Bertz CT molecular complexity index is 1190. The Labute approximate surface area is 185 Å². The van der Waals surface area contributed by atoms with E-state index in [0.717, 1.165) is 40.1 Å². The van der Waals surface area contributed by atoms with Gasteiger partial charge in [0.05, 0.1) is 24.6 Å². The minimum Gasteiger partial charge on any atom is -0.383 e. The average molecular weight is 439 g/mol. The first-order valence-electron chi connectivity index (χ1n) is 10.9. The summed E-state index contributed by atoms with van der Waals surface area (Å²) in [5.74, 6) is 0.426. The lowest BCUT2D eigenvalue weighted by Gasteiger charge is -2.31. The Morgan fingerprint density at radius 2 is 2.22 bits per heavy atom. The van der Waals surface area contributed by atoms with E-state index in [1.165, 1.54) is 0 Å². The van der Waals surface area contributed by atoms with Crippen LogP contribution in [0, 0.1) is 6.92 Å². The third-order valence-corrected chi connectivity index (χ3v) is 6.40. The number of aryl methyl sites for hydroxylation is 1. The van der Waals surface area contributed by atoms with E-state index in [9.17, 15) is 4.39 Å². The molecular formula is C23H27FN6O2. The molecule has 0 saturated carbocycles. The number of aromatic nitrogens is 4. The fraction of sp³-hybridized carbons (Fsp3) is 0.435. The molecule has 3 aromatic rings. The minimum atomic E-state index is -0.120. The van der Waals surface area contributed by atoms with Gasteiger partial charge >= 0.3 is 0 Å². The maximum absolute atomic E-state index is 13.8. The summed E-state index contributed by atoms with van der Waals surface area (Å²) in [5.41, 5.74) is 12.2. The molecule has 1 saturated heterocycles. The molecule has 0 spiro atoms. The molecule has 0 aromatic carbocycles. The first kappa shape index (κ1) is 21.0. The number of nitrogen functional groups attached to an aromatic ring is 1. The van der Waals surface area contributed by atoms with Gasteiger partial charge in [-0.2, -0.15) is 9.61 Å². The predicted molar refractivity (Wildman–Crippen MR) is 120 cm³/mol. The van der Waals surface area contributed by atoms with Crippen molar-refractivity contribution in [1.29, 1.82) is 0 Å². The van der Waals surface area contributed by atoms with Gasteiger partial charge in [0.1, 0.15) is 11.6 Å². The van der Waals surface area contributed by atoms with Gasteiger partial charge in [-0.25, -0.2) is 9.37 Å². The molecule has 5 rings (SSSR count). The normalized spacial score (nSPS) is 20.9. The van der Waals surface area contributed by atoms with Crippen LogP contribution in [0.3, 0.4) is 0 Å². The van der Waals surface area contributed by atoms with Gasteiger partial charge in [-0.1, -0.05) is 0 Å². The monoisotopic (exact) mass is 438 g/mol. The second-order valence-electron chi connectivity index (χ2n) is 8.34. The Balaban J connectivity index is 1.49. The van der Waals surface area contributed by atoms with Gasteiger partial charge in [0.15, 0.2) is 5.65 Å². The van der Waals surface area contributed by atoms with Crippen molar-refractivity contribution in [2.75, 3.05) is 26.1 Å². The highest BCUT2D eigenvalue weighted by molar-refractivity contribution is 5.79. The number of rotatable bonds is 5. The van der Waals surface area contributed by atoms with E-state index in [4.69, 9.17) is 20.2 Å². The molecule has 1 aliphatic carbocycles. The topological polar surface area (TPSA) is 99.6 Å². The second kappa shape index (κ2) is 8.57. The first-order valence-corrected chi connectivity index (χ1v) is 10.9.